The lowest BCUT2D eigenvalue weighted by Crippen LogP contribution is -2.51. The number of nitrogens with zero attached hydrogens (tertiary/aromatic N) is 3. The quantitative estimate of drug-likeness (QED) is 0.576. The van der Waals surface area contributed by atoms with Gasteiger partial charge in [-0.2, -0.15) is 10.5 Å². The molecule has 0 aliphatic carbocycles. The van der Waals surface area contributed by atoms with Gasteiger partial charge in [0.1, 0.15) is 41.1 Å². The van der Waals surface area contributed by atoms with Gasteiger partial charge in [0.25, 0.3) is 0 Å². The summed E-state index contributed by atoms with van der Waals surface area (Å²) in [5.41, 5.74) is 5.13. The number of ether oxygens (including phenoxy) is 1. The Hall–Kier alpha value is -3.08. The maximum Gasteiger partial charge on any atom is 0.143 e. The van der Waals surface area contributed by atoms with E-state index >= 15 is 0 Å². The monoisotopic (exact) mass is 356 g/mol. The smallest absolute Gasteiger partial charge is 0.143 e. The third-order valence-electron chi connectivity index (χ3n) is 5.63. The Labute approximate surface area is 160 Å². The van der Waals surface area contributed by atoms with E-state index in [9.17, 15) is 0 Å². The van der Waals surface area contributed by atoms with Gasteiger partial charge in [0.15, 0.2) is 0 Å². The fourth-order valence-electron chi connectivity index (χ4n) is 4.54. The number of benzene rings is 1. The molecule has 0 radical (unpaired) electrons. The van der Waals surface area contributed by atoms with Crippen LogP contribution in [-0.4, -0.2) is 13.1 Å². The van der Waals surface area contributed by atoms with E-state index in [1.165, 1.54) is 29.7 Å². The number of allylic oxidation sites excluding steroid dienone is 6. The number of nitriles is 2. The maximum absolute atomic E-state index is 9.16. The minimum Gasteiger partial charge on any atom is -0.462 e. The molecule has 27 heavy (non-hydrogen) atoms. The Morgan fingerprint density at radius 3 is 2.37 bits per heavy atom. The Balaban J connectivity index is 1.73. The first-order valence-electron chi connectivity index (χ1n) is 9.45. The molecule has 3 aliphatic rings. The van der Waals surface area contributed by atoms with E-state index in [0.29, 0.717) is 17.1 Å². The summed E-state index contributed by atoms with van der Waals surface area (Å²) in [6, 6.07) is 10.6. The van der Waals surface area contributed by atoms with Crippen LogP contribution in [0.1, 0.15) is 30.9 Å². The molecule has 0 atom stereocenters. The molecule has 0 unspecified atom stereocenters. The molecule has 0 spiro atoms. The molecule has 4 rings (SSSR count). The Morgan fingerprint density at radius 1 is 1.07 bits per heavy atom. The van der Waals surface area contributed by atoms with Crippen LogP contribution in [0, 0.1) is 22.7 Å². The summed E-state index contributed by atoms with van der Waals surface area (Å²) in [6.07, 6.45) is 12.4. The molecule has 3 heterocycles. The molecule has 0 bridgehead atoms. The van der Waals surface area contributed by atoms with Gasteiger partial charge in [-0.05, 0) is 31.9 Å². The molecular weight excluding hydrogens is 334 g/mol. The van der Waals surface area contributed by atoms with Gasteiger partial charge >= 0.3 is 0 Å². The minimum atomic E-state index is 0.110. The average Bonchev–Trinajstić information content (AvgIpc) is 2.68. The molecule has 1 aromatic rings. The van der Waals surface area contributed by atoms with Gasteiger partial charge in [0.05, 0.1) is 13.1 Å². The molecular formula is C23H22N3O+. The molecule has 134 valence electrons. The van der Waals surface area contributed by atoms with Crippen LogP contribution < -0.4 is 4.48 Å². The van der Waals surface area contributed by atoms with Crippen LogP contribution in [0.2, 0.25) is 0 Å². The van der Waals surface area contributed by atoms with Crippen molar-refractivity contribution in [2.45, 2.75) is 32.6 Å². The lowest BCUT2D eigenvalue weighted by Gasteiger charge is -2.43. The van der Waals surface area contributed by atoms with Crippen molar-refractivity contribution in [1.82, 2.24) is 4.48 Å². The van der Waals surface area contributed by atoms with Gasteiger partial charge in [-0.25, -0.2) is 0 Å². The van der Waals surface area contributed by atoms with E-state index in [4.69, 9.17) is 15.3 Å². The Kier molecular flexibility index (Phi) is 4.44. The standard InChI is InChI=1S/C23H22N3O/c1-17-13-20(21(15-24)16-25)14-22(27-17)9-12-26-10-3-7-18-5-2-6-19(23(18)26)8-4-11-26/h2,5-6,9,12-14H,3-4,7-8,10-11H2,1H3/q+1/b12-9+. The summed E-state index contributed by atoms with van der Waals surface area (Å²) in [5.74, 6) is 1.37. The topological polar surface area (TPSA) is 56.8 Å². The predicted octanol–water partition coefficient (Wildman–Crippen LogP) is 4.56. The fourth-order valence-corrected chi connectivity index (χ4v) is 4.54. The number of rotatable bonds is 2. The van der Waals surface area contributed by atoms with Crippen molar-refractivity contribution < 1.29 is 4.74 Å². The van der Waals surface area contributed by atoms with Gasteiger partial charge in [-0.15, -0.1) is 0 Å². The van der Waals surface area contributed by atoms with Crippen LogP contribution in [0.25, 0.3) is 0 Å². The highest BCUT2D eigenvalue weighted by Gasteiger charge is 2.38. The van der Waals surface area contributed by atoms with Crippen molar-refractivity contribution in [1.29, 1.82) is 10.5 Å². The first-order chi connectivity index (χ1) is 13.1. The zero-order valence-electron chi connectivity index (χ0n) is 15.5. The molecule has 4 nitrogen and oxygen atoms in total. The lowest BCUT2D eigenvalue weighted by molar-refractivity contribution is 0.305. The number of aryl methyl sites for hydroxylation is 2. The zero-order chi connectivity index (χ0) is 18.9. The van der Waals surface area contributed by atoms with Crippen LogP contribution >= 0.6 is 0 Å². The normalized spacial score (nSPS) is 19.9. The molecule has 0 N–H and O–H groups in total. The lowest BCUT2D eigenvalue weighted by atomic mass is 9.89. The van der Waals surface area contributed by atoms with Gasteiger partial charge in [-0.3, -0.25) is 4.48 Å². The van der Waals surface area contributed by atoms with Gasteiger partial charge in [-0.1, -0.05) is 18.2 Å². The first kappa shape index (κ1) is 17.3. The van der Waals surface area contributed by atoms with Gasteiger partial charge < -0.3 is 4.74 Å². The molecule has 1 aromatic carbocycles. The van der Waals surface area contributed by atoms with E-state index in [-0.39, 0.29) is 5.57 Å². The van der Waals surface area contributed by atoms with Crippen LogP contribution in [-0.2, 0) is 17.6 Å². The van der Waals surface area contributed by atoms with Crippen LogP contribution in [0.3, 0.4) is 0 Å². The highest BCUT2D eigenvalue weighted by molar-refractivity contribution is 5.62. The van der Waals surface area contributed by atoms with E-state index in [2.05, 4.69) is 24.4 Å². The van der Waals surface area contributed by atoms with Gasteiger partial charge in [0.2, 0.25) is 0 Å². The maximum atomic E-state index is 9.16. The van der Waals surface area contributed by atoms with Gasteiger partial charge in [0, 0.05) is 35.6 Å². The summed E-state index contributed by atoms with van der Waals surface area (Å²) in [5, 5.41) is 18.3. The molecule has 0 amide bonds. The van der Waals surface area contributed by atoms with Crippen molar-refractivity contribution in [3.05, 3.63) is 76.4 Å². The van der Waals surface area contributed by atoms with Crippen molar-refractivity contribution in [2.24, 2.45) is 0 Å². The molecule has 3 aliphatic heterocycles. The number of quaternary nitrogens is 1. The summed E-state index contributed by atoms with van der Waals surface area (Å²) in [7, 11) is 0. The second-order valence-electron chi connectivity index (χ2n) is 7.39. The average molecular weight is 356 g/mol. The third-order valence-corrected chi connectivity index (χ3v) is 5.63. The van der Waals surface area contributed by atoms with Crippen molar-refractivity contribution in [3.63, 3.8) is 0 Å². The molecule has 0 saturated carbocycles. The highest BCUT2D eigenvalue weighted by Crippen LogP contribution is 2.41. The van der Waals surface area contributed by atoms with E-state index in [1.807, 2.05) is 25.1 Å². The summed E-state index contributed by atoms with van der Waals surface area (Å²) >= 11 is 0. The van der Waals surface area contributed by atoms with E-state index in [0.717, 1.165) is 30.4 Å². The molecule has 4 heteroatoms. The number of hydrogen-bond donors (Lipinski definition) is 0. The second-order valence-corrected chi connectivity index (χ2v) is 7.39. The predicted molar refractivity (Wildman–Crippen MR) is 105 cm³/mol. The molecule has 0 aromatic heterocycles. The largest absolute Gasteiger partial charge is 0.462 e. The Morgan fingerprint density at radius 2 is 1.74 bits per heavy atom. The van der Waals surface area contributed by atoms with Crippen molar-refractivity contribution in [3.8, 4) is 12.1 Å². The third kappa shape index (κ3) is 3.10. The number of hydrogen-bond acceptors (Lipinski definition) is 3. The van der Waals surface area contributed by atoms with E-state index in [1.54, 1.807) is 12.2 Å². The fraction of sp³-hybridized carbons (Fsp3) is 0.304. The van der Waals surface area contributed by atoms with Crippen LogP contribution in [0.15, 0.2) is 65.3 Å². The van der Waals surface area contributed by atoms with E-state index < -0.39 is 0 Å². The Bertz CT molecular complexity index is 951. The van der Waals surface area contributed by atoms with Crippen LogP contribution in [0.5, 0.6) is 0 Å². The highest BCUT2D eigenvalue weighted by atomic mass is 16.5. The minimum absolute atomic E-state index is 0.110. The number of para-hydroxylation sites is 1. The van der Waals surface area contributed by atoms with Crippen molar-refractivity contribution in [2.75, 3.05) is 13.1 Å². The van der Waals surface area contributed by atoms with Crippen LogP contribution in [0.4, 0.5) is 5.69 Å². The zero-order valence-corrected chi connectivity index (χ0v) is 15.5. The van der Waals surface area contributed by atoms with Crippen molar-refractivity contribution >= 4 is 5.69 Å². The summed E-state index contributed by atoms with van der Waals surface area (Å²) in [4.78, 5) is 0. The second kappa shape index (κ2) is 6.91. The SMILES string of the molecule is CC1=CC(=C(C#N)C#N)C=C(/C=C/[N+]23CCCc4cccc(c42)CCC3)O1. The summed E-state index contributed by atoms with van der Waals surface area (Å²) in [6.45, 7) is 4.05. The summed E-state index contributed by atoms with van der Waals surface area (Å²) < 4.78 is 6.72. The first-order valence-corrected chi connectivity index (χ1v) is 9.45. The molecule has 0 fully saturated rings. The molecule has 0 saturated heterocycles.